The fourth-order valence-corrected chi connectivity index (χ4v) is 1.65. The van der Waals surface area contributed by atoms with Gasteiger partial charge in [0.15, 0.2) is 0 Å². The van der Waals surface area contributed by atoms with E-state index in [1.54, 1.807) is 23.4 Å². The van der Waals surface area contributed by atoms with Crippen LogP contribution in [0.1, 0.15) is 13.8 Å². The van der Waals surface area contributed by atoms with Crippen molar-refractivity contribution in [2.75, 3.05) is 13.2 Å². The molecule has 5 nitrogen and oxygen atoms in total. The third kappa shape index (κ3) is 2.50. The number of carboxylic acid groups (broad SMARTS) is 1. The van der Waals surface area contributed by atoms with Crippen LogP contribution in [0.5, 0.6) is 0 Å². The van der Waals surface area contributed by atoms with Crippen LogP contribution < -0.4 is 5.43 Å². The molecule has 2 aliphatic rings. The quantitative estimate of drug-likeness (QED) is 0.768. The third-order valence-electron chi connectivity index (χ3n) is 2.50. The van der Waals surface area contributed by atoms with Crippen molar-refractivity contribution in [1.82, 2.24) is 10.4 Å². The van der Waals surface area contributed by atoms with E-state index in [4.69, 9.17) is 9.84 Å². The molecule has 0 spiro atoms. The highest BCUT2D eigenvalue weighted by atomic mass is 16.5. The van der Waals surface area contributed by atoms with Gasteiger partial charge in [-0.2, -0.15) is 0 Å². The van der Waals surface area contributed by atoms with E-state index in [1.807, 2.05) is 0 Å². The van der Waals surface area contributed by atoms with Gasteiger partial charge in [0.25, 0.3) is 0 Å². The van der Waals surface area contributed by atoms with Gasteiger partial charge in [-0.05, 0) is 18.1 Å². The topological polar surface area (TPSA) is 61.8 Å². The molecule has 0 aromatic heterocycles. The lowest BCUT2D eigenvalue weighted by Crippen LogP contribution is -2.28. The minimum atomic E-state index is -0.889. The van der Waals surface area contributed by atoms with Gasteiger partial charge in [0.05, 0.1) is 24.1 Å². The zero-order valence-corrected chi connectivity index (χ0v) is 9.93. The molecular weight excluding hydrogens is 220 g/mol. The molecule has 0 saturated heterocycles. The number of fused-ring (bicyclic) bond motifs is 1. The smallest absolute Gasteiger partial charge is 0.335 e. The van der Waals surface area contributed by atoms with Gasteiger partial charge in [0.2, 0.25) is 0 Å². The lowest BCUT2D eigenvalue weighted by molar-refractivity contribution is -0.132. The number of hydrogen-bond acceptors (Lipinski definition) is 4. The lowest BCUT2D eigenvalue weighted by atomic mass is 10.2. The van der Waals surface area contributed by atoms with Crippen molar-refractivity contribution in [3.8, 4) is 0 Å². The summed E-state index contributed by atoms with van der Waals surface area (Å²) in [5.41, 5.74) is 4.03. The van der Waals surface area contributed by atoms with E-state index in [0.717, 1.165) is 5.76 Å². The predicted octanol–water partition coefficient (Wildman–Crippen LogP) is 1.23. The number of allylic oxidation sites excluding steroid dienone is 2. The van der Waals surface area contributed by atoms with E-state index in [2.05, 4.69) is 19.3 Å². The molecular formula is C12H16N2O3. The van der Waals surface area contributed by atoms with Crippen LogP contribution in [0.2, 0.25) is 0 Å². The Labute approximate surface area is 100 Å². The van der Waals surface area contributed by atoms with Crippen molar-refractivity contribution in [2.45, 2.75) is 13.8 Å². The molecule has 0 aromatic carbocycles. The van der Waals surface area contributed by atoms with E-state index < -0.39 is 5.97 Å². The number of nitrogens with zero attached hydrogens (tertiary/aromatic N) is 1. The SMILES string of the molecule is CC(C)COC1=CN2NCC(C(=O)O)=C2C=C1. The lowest BCUT2D eigenvalue weighted by Gasteiger charge is -2.21. The Morgan fingerprint density at radius 1 is 1.59 bits per heavy atom. The summed E-state index contributed by atoms with van der Waals surface area (Å²) < 4.78 is 5.57. The van der Waals surface area contributed by atoms with E-state index in [0.29, 0.717) is 30.3 Å². The first kappa shape index (κ1) is 11.7. The number of rotatable bonds is 4. The number of hydrazine groups is 1. The van der Waals surface area contributed by atoms with Gasteiger partial charge in [0, 0.05) is 6.54 Å². The maximum atomic E-state index is 10.9. The summed E-state index contributed by atoms with van der Waals surface area (Å²) in [4.78, 5) is 10.9. The molecule has 92 valence electrons. The Morgan fingerprint density at radius 2 is 2.35 bits per heavy atom. The molecule has 0 aliphatic carbocycles. The highest BCUT2D eigenvalue weighted by molar-refractivity contribution is 5.89. The molecule has 5 heteroatoms. The van der Waals surface area contributed by atoms with Crippen LogP contribution >= 0.6 is 0 Å². The molecule has 0 unspecified atom stereocenters. The normalized spacial score (nSPS) is 18.5. The Kier molecular flexibility index (Phi) is 3.19. The number of hydrogen-bond donors (Lipinski definition) is 2. The van der Waals surface area contributed by atoms with Gasteiger partial charge in [-0.15, -0.1) is 0 Å². The van der Waals surface area contributed by atoms with E-state index in [9.17, 15) is 4.79 Å². The van der Waals surface area contributed by atoms with Crippen LogP contribution in [0.15, 0.2) is 35.4 Å². The minimum absolute atomic E-state index is 0.336. The maximum Gasteiger partial charge on any atom is 0.335 e. The standard InChI is InChI=1S/C12H16N2O3/c1-8(2)7-17-9-3-4-11-10(12(15)16)5-13-14(11)6-9/h3-4,6,8,13H,5,7H2,1-2H3,(H,15,16). The number of nitrogens with one attached hydrogen (secondary N) is 1. The second-order valence-electron chi connectivity index (χ2n) is 4.44. The predicted molar refractivity (Wildman–Crippen MR) is 62.5 cm³/mol. The molecule has 0 saturated carbocycles. The summed E-state index contributed by atoms with van der Waals surface area (Å²) >= 11 is 0. The van der Waals surface area contributed by atoms with Crippen molar-refractivity contribution in [3.63, 3.8) is 0 Å². The zero-order valence-electron chi connectivity index (χ0n) is 9.93. The van der Waals surface area contributed by atoms with E-state index in [-0.39, 0.29) is 0 Å². The van der Waals surface area contributed by atoms with Gasteiger partial charge in [-0.3, -0.25) is 5.01 Å². The minimum Gasteiger partial charge on any atom is -0.492 e. The molecule has 17 heavy (non-hydrogen) atoms. The van der Waals surface area contributed by atoms with E-state index in [1.165, 1.54) is 0 Å². The second-order valence-corrected chi connectivity index (χ2v) is 4.44. The summed E-state index contributed by atoms with van der Waals surface area (Å²) in [5.74, 6) is 0.309. The molecule has 0 bridgehead atoms. The fraction of sp³-hybridized carbons (Fsp3) is 0.417. The van der Waals surface area contributed by atoms with Crippen LogP contribution in [0.4, 0.5) is 0 Å². The first-order valence-corrected chi connectivity index (χ1v) is 5.60. The van der Waals surface area contributed by atoms with Crippen molar-refractivity contribution < 1.29 is 14.6 Å². The average Bonchev–Trinajstić information content (AvgIpc) is 2.69. The molecule has 0 fully saturated rings. The van der Waals surface area contributed by atoms with Crippen LogP contribution in [-0.4, -0.2) is 29.2 Å². The van der Waals surface area contributed by atoms with Crippen molar-refractivity contribution in [1.29, 1.82) is 0 Å². The van der Waals surface area contributed by atoms with Gasteiger partial charge in [-0.25, -0.2) is 10.2 Å². The largest absolute Gasteiger partial charge is 0.492 e. The summed E-state index contributed by atoms with van der Waals surface area (Å²) in [6.07, 6.45) is 5.33. The number of aliphatic carboxylic acids is 1. The molecule has 2 N–H and O–H groups in total. The van der Waals surface area contributed by atoms with Crippen molar-refractivity contribution in [3.05, 3.63) is 35.4 Å². The van der Waals surface area contributed by atoms with E-state index >= 15 is 0 Å². The number of carbonyl (C=O) groups is 1. The summed E-state index contributed by atoms with van der Waals surface area (Å²) in [6.45, 7) is 5.14. The average molecular weight is 236 g/mol. The highest BCUT2D eigenvalue weighted by Crippen LogP contribution is 2.23. The Balaban J connectivity index is 2.09. The third-order valence-corrected chi connectivity index (χ3v) is 2.50. The highest BCUT2D eigenvalue weighted by Gasteiger charge is 2.26. The Morgan fingerprint density at radius 3 is 3.00 bits per heavy atom. The van der Waals surface area contributed by atoms with Gasteiger partial charge < -0.3 is 9.84 Å². The van der Waals surface area contributed by atoms with Gasteiger partial charge in [0.1, 0.15) is 5.76 Å². The summed E-state index contributed by atoms with van der Waals surface area (Å²) in [5, 5.41) is 10.7. The van der Waals surface area contributed by atoms with Gasteiger partial charge >= 0.3 is 5.97 Å². The van der Waals surface area contributed by atoms with Crippen molar-refractivity contribution >= 4 is 5.97 Å². The van der Waals surface area contributed by atoms with Crippen LogP contribution in [-0.2, 0) is 9.53 Å². The molecule has 0 radical (unpaired) electrons. The van der Waals surface area contributed by atoms with Crippen LogP contribution in [0, 0.1) is 5.92 Å². The van der Waals surface area contributed by atoms with Crippen LogP contribution in [0.3, 0.4) is 0 Å². The second kappa shape index (κ2) is 4.63. The molecule has 2 heterocycles. The van der Waals surface area contributed by atoms with Gasteiger partial charge in [-0.1, -0.05) is 13.8 Å². The summed E-state index contributed by atoms with van der Waals surface area (Å²) in [7, 11) is 0. The maximum absolute atomic E-state index is 10.9. The molecule has 2 rings (SSSR count). The first-order valence-electron chi connectivity index (χ1n) is 5.60. The number of ether oxygens (including phenoxy) is 1. The monoisotopic (exact) mass is 236 g/mol. The Hall–Kier alpha value is -1.75. The zero-order chi connectivity index (χ0) is 12.4. The molecule has 0 amide bonds. The summed E-state index contributed by atoms with van der Waals surface area (Å²) in [6, 6.07) is 0. The fourth-order valence-electron chi connectivity index (χ4n) is 1.65. The molecule has 2 aliphatic heterocycles. The van der Waals surface area contributed by atoms with Crippen molar-refractivity contribution in [2.24, 2.45) is 5.92 Å². The number of carboxylic acids is 1. The van der Waals surface area contributed by atoms with Crippen LogP contribution in [0.25, 0.3) is 0 Å². The molecule has 0 aromatic rings. The molecule has 0 atom stereocenters. The first-order chi connectivity index (χ1) is 8.08. The Bertz CT molecular complexity index is 421.